The maximum Gasteiger partial charge on any atom is 0.191 e. The molecule has 0 aliphatic heterocycles. The van der Waals surface area contributed by atoms with Gasteiger partial charge in [-0.3, -0.25) is 9.98 Å². The molecule has 0 aliphatic rings. The van der Waals surface area contributed by atoms with Crippen molar-refractivity contribution in [1.29, 1.82) is 0 Å². The number of aliphatic imine (C=N–C) groups is 1. The minimum atomic E-state index is -2.95. The number of nitrogens with zero attached hydrogens (tertiary/aromatic N) is 2. The number of rotatable bonds is 6. The van der Waals surface area contributed by atoms with Crippen molar-refractivity contribution >= 4 is 26.7 Å². The van der Waals surface area contributed by atoms with E-state index in [1.54, 1.807) is 13.2 Å². The number of guanidine groups is 1. The first kappa shape index (κ1) is 18.2. The third kappa shape index (κ3) is 5.49. The van der Waals surface area contributed by atoms with Crippen LogP contribution in [0.1, 0.15) is 18.9 Å². The van der Waals surface area contributed by atoms with Crippen molar-refractivity contribution < 1.29 is 8.42 Å². The zero-order chi connectivity index (χ0) is 17.6. The van der Waals surface area contributed by atoms with Crippen molar-refractivity contribution in [2.24, 2.45) is 4.99 Å². The number of sulfone groups is 1. The monoisotopic (exact) mass is 348 g/mol. The largest absolute Gasteiger partial charge is 0.354 e. The molecular weight excluding hydrogens is 324 g/mol. The molecule has 0 saturated carbocycles. The van der Waals surface area contributed by atoms with Crippen LogP contribution in [-0.2, 0) is 16.4 Å². The third-order valence-corrected chi connectivity index (χ3v) is 4.67. The molecule has 6 nitrogen and oxygen atoms in total. The molecular formula is C17H24N4O2S. The van der Waals surface area contributed by atoms with Crippen molar-refractivity contribution in [3.8, 4) is 0 Å². The number of para-hydroxylation sites is 1. The van der Waals surface area contributed by atoms with E-state index in [2.05, 4.69) is 20.6 Å². The highest BCUT2D eigenvalue weighted by atomic mass is 32.2. The van der Waals surface area contributed by atoms with Gasteiger partial charge in [-0.05, 0) is 25.0 Å². The molecule has 2 N–H and O–H groups in total. The standard InChI is InChI=1S/C17H24N4O2S/c1-13(9-11-24(3,22)23)21-17(18-2)20-12-15-7-4-6-14-8-5-10-19-16(14)15/h4-8,10,13H,9,11-12H2,1-3H3,(H2,18,20,21). The van der Waals surface area contributed by atoms with Gasteiger partial charge in [-0.1, -0.05) is 24.3 Å². The first-order valence-corrected chi connectivity index (χ1v) is 9.92. The Morgan fingerprint density at radius 3 is 2.75 bits per heavy atom. The van der Waals surface area contributed by atoms with Crippen LogP contribution >= 0.6 is 0 Å². The van der Waals surface area contributed by atoms with E-state index in [-0.39, 0.29) is 11.8 Å². The molecule has 0 radical (unpaired) electrons. The second kappa shape index (κ2) is 8.10. The molecule has 2 rings (SSSR count). The number of pyridine rings is 1. The van der Waals surface area contributed by atoms with Gasteiger partial charge in [0.05, 0.1) is 11.3 Å². The summed E-state index contributed by atoms with van der Waals surface area (Å²) in [4.78, 5) is 8.63. The summed E-state index contributed by atoms with van der Waals surface area (Å²) in [5.74, 6) is 0.801. The summed E-state index contributed by atoms with van der Waals surface area (Å²) in [7, 11) is -1.26. The highest BCUT2D eigenvalue weighted by molar-refractivity contribution is 7.90. The van der Waals surface area contributed by atoms with Crippen molar-refractivity contribution in [2.45, 2.75) is 25.9 Å². The third-order valence-electron chi connectivity index (χ3n) is 3.69. The van der Waals surface area contributed by atoms with E-state index in [1.165, 1.54) is 6.26 Å². The second-order valence-corrected chi connectivity index (χ2v) is 8.14. The Balaban J connectivity index is 1.96. The zero-order valence-electron chi connectivity index (χ0n) is 14.3. The molecule has 24 heavy (non-hydrogen) atoms. The Labute approximate surface area is 143 Å². The van der Waals surface area contributed by atoms with Gasteiger partial charge in [-0.2, -0.15) is 0 Å². The molecule has 1 unspecified atom stereocenters. The average molecular weight is 348 g/mol. The predicted octanol–water partition coefficient (Wildman–Crippen LogP) is 1.72. The summed E-state index contributed by atoms with van der Waals surface area (Å²) in [5, 5.41) is 7.57. The Hall–Kier alpha value is -2.15. The number of fused-ring (bicyclic) bond motifs is 1. The summed E-state index contributed by atoms with van der Waals surface area (Å²) in [6.07, 6.45) is 3.57. The number of aromatic nitrogens is 1. The maximum atomic E-state index is 11.2. The van der Waals surface area contributed by atoms with Gasteiger partial charge in [-0.15, -0.1) is 0 Å². The van der Waals surface area contributed by atoms with Crippen LogP contribution in [0.4, 0.5) is 0 Å². The summed E-state index contributed by atoms with van der Waals surface area (Å²) in [6, 6.07) is 10.0. The van der Waals surface area contributed by atoms with Crippen molar-refractivity contribution in [2.75, 3.05) is 19.1 Å². The average Bonchev–Trinajstić information content (AvgIpc) is 2.56. The lowest BCUT2D eigenvalue weighted by Gasteiger charge is -2.18. The first-order valence-electron chi connectivity index (χ1n) is 7.86. The molecule has 1 atom stereocenters. The Kier molecular flexibility index (Phi) is 6.14. The molecule has 1 aromatic heterocycles. The van der Waals surface area contributed by atoms with Crippen LogP contribution in [0.5, 0.6) is 0 Å². The molecule has 0 spiro atoms. The molecule has 1 heterocycles. The van der Waals surface area contributed by atoms with E-state index >= 15 is 0 Å². The highest BCUT2D eigenvalue weighted by Gasteiger charge is 2.10. The minimum Gasteiger partial charge on any atom is -0.354 e. The van der Waals surface area contributed by atoms with Gasteiger partial charge >= 0.3 is 0 Å². The maximum absolute atomic E-state index is 11.2. The van der Waals surface area contributed by atoms with E-state index in [0.29, 0.717) is 18.9 Å². The molecule has 0 aliphatic carbocycles. The number of hydrogen-bond acceptors (Lipinski definition) is 4. The van der Waals surface area contributed by atoms with Gasteiger partial charge in [0.1, 0.15) is 9.84 Å². The lowest BCUT2D eigenvalue weighted by Crippen LogP contribution is -2.42. The summed E-state index contributed by atoms with van der Waals surface area (Å²) in [5.41, 5.74) is 2.05. The molecule has 7 heteroatoms. The van der Waals surface area contributed by atoms with Gasteiger partial charge in [0.15, 0.2) is 5.96 Å². The van der Waals surface area contributed by atoms with Gasteiger partial charge in [0, 0.05) is 37.5 Å². The molecule has 1 aromatic carbocycles. The summed E-state index contributed by atoms with van der Waals surface area (Å²) in [6.45, 7) is 2.53. The van der Waals surface area contributed by atoms with E-state index in [0.717, 1.165) is 16.5 Å². The van der Waals surface area contributed by atoms with Crippen LogP contribution in [0.15, 0.2) is 41.5 Å². The fourth-order valence-corrected chi connectivity index (χ4v) is 3.16. The quantitative estimate of drug-likeness (QED) is 0.613. The molecule has 0 amide bonds. The van der Waals surface area contributed by atoms with Crippen LogP contribution in [0.25, 0.3) is 10.9 Å². The number of benzene rings is 1. The Morgan fingerprint density at radius 1 is 1.29 bits per heavy atom. The SMILES string of the molecule is CN=C(NCc1cccc2cccnc12)NC(C)CCS(C)(=O)=O. The second-order valence-electron chi connectivity index (χ2n) is 5.88. The number of hydrogen-bond donors (Lipinski definition) is 2. The van der Waals surface area contributed by atoms with Gasteiger partial charge in [-0.25, -0.2) is 8.42 Å². The van der Waals surface area contributed by atoms with E-state index in [4.69, 9.17) is 0 Å². The highest BCUT2D eigenvalue weighted by Crippen LogP contribution is 2.15. The number of nitrogens with one attached hydrogen (secondary N) is 2. The molecule has 130 valence electrons. The fraction of sp³-hybridized carbons (Fsp3) is 0.412. The van der Waals surface area contributed by atoms with Crippen molar-refractivity contribution in [3.05, 3.63) is 42.1 Å². The Morgan fingerprint density at radius 2 is 2.04 bits per heavy atom. The van der Waals surface area contributed by atoms with E-state index < -0.39 is 9.84 Å². The van der Waals surface area contributed by atoms with Crippen LogP contribution in [-0.4, -0.2) is 44.5 Å². The minimum absolute atomic E-state index is 0.0107. The van der Waals surface area contributed by atoms with Gasteiger partial charge in [0.25, 0.3) is 0 Å². The predicted molar refractivity (Wildman–Crippen MR) is 98.9 cm³/mol. The Bertz CT molecular complexity index is 813. The van der Waals surface area contributed by atoms with Crippen molar-refractivity contribution in [1.82, 2.24) is 15.6 Å². The van der Waals surface area contributed by atoms with Crippen LogP contribution in [0.2, 0.25) is 0 Å². The summed E-state index contributed by atoms with van der Waals surface area (Å²) >= 11 is 0. The lowest BCUT2D eigenvalue weighted by molar-refractivity contribution is 0.581. The van der Waals surface area contributed by atoms with Crippen LogP contribution in [0.3, 0.4) is 0 Å². The first-order chi connectivity index (χ1) is 11.4. The van der Waals surface area contributed by atoms with Crippen molar-refractivity contribution in [3.63, 3.8) is 0 Å². The summed E-state index contributed by atoms with van der Waals surface area (Å²) < 4.78 is 22.5. The lowest BCUT2D eigenvalue weighted by atomic mass is 10.1. The zero-order valence-corrected chi connectivity index (χ0v) is 15.1. The van der Waals surface area contributed by atoms with Crippen LogP contribution < -0.4 is 10.6 Å². The molecule has 2 aromatic rings. The van der Waals surface area contributed by atoms with Gasteiger partial charge in [0.2, 0.25) is 0 Å². The molecule has 0 fully saturated rings. The van der Waals surface area contributed by atoms with Gasteiger partial charge < -0.3 is 10.6 Å². The fourth-order valence-electron chi connectivity index (χ4n) is 2.38. The molecule has 0 saturated heterocycles. The normalized spacial score (nSPS) is 13.7. The van der Waals surface area contributed by atoms with E-state index in [9.17, 15) is 8.42 Å². The smallest absolute Gasteiger partial charge is 0.191 e. The van der Waals surface area contributed by atoms with E-state index in [1.807, 2.05) is 37.3 Å². The topological polar surface area (TPSA) is 83.4 Å². The molecule has 0 bridgehead atoms. The van der Waals surface area contributed by atoms with Crippen LogP contribution in [0, 0.1) is 0 Å².